The number of carbonyl (C=O) groups is 2. The Hall–Kier alpha value is -2.47. The van der Waals surface area contributed by atoms with Gasteiger partial charge in [-0.3, -0.25) is 19.6 Å². The number of nitrogens with one attached hydrogen (secondary N) is 1. The molecule has 2 aromatic rings. The van der Waals surface area contributed by atoms with Crippen LogP contribution < -0.4 is 5.32 Å². The first kappa shape index (κ1) is 18.9. The lowest BCUT2D eigenvalue weighted by Crippen LogP contribution is -2.54. The van der Waals surface area contributed by atoms with Crippen molar-refractivity contribution in [2.45, 2.75) is 31.7 Å². The van der Waals surface area contributed by atoms with E-state index in [2.05, 4.69) is 15.3 Å². The van der Waals surface area contributed by atoms with Crippen molar-refractivity contribution >= 4 is 23.4 Å². The van der Waals surface area contributed by atoms with Gasteiger partial charge < -0.3 is 10.2 Å². The zero-order valence-corrected chi connectivity index (χ0v) is 16.3. The van der Waals surface area contributed by atoms with Crippen LogP contribution in [0.25, 0.3) is 0 Å². The van der Waals surface area contributed by atoms with Crippen LogP contribution in [0.1, 0.15) is 35.2 Å². The number of nitrogens with zero attached hydrogens (tertiary/aromatic N) is 3. The highest BCUT2D eigenvalue weighted by atomic mass is 35.5. The first-order chi connectivity index (χ1) is 13.6. The lowest BCUT2D eigenvalue weighted by atomic mass is 9.91. The number of fused-ring (bicyclic) bond motifs is 2. The summed E-state index contributed by atoms with van der Waals surface area (Å²) in [6.45, 7) is 1.42. The molecule has 28 heavy (non-hydrogen) atoms. The lowest BCUT2D eigenvalue weighted by molar-refractivity contribution is -0.133. The van der Waals surface area contributed by atoms with Gasteiger partial charge in [-0.2, -0.15) is 0 Å². The molecule has 1 aliphatic heterocycles. The first-order valence-electron chi connectivity index (χ1n) is 9.68. The summed E-state index contributed by atoms with van der Waals surface area (Å²) in [7, 11) is 0. The zero-order valence-electron chi connectivity index (χ0n) is 15.6. The topological polar surface area (TPSA) is 75.2 Å². The van der Waals surface area contributed by atoms with E-state index in [1.54, 1.807) is 12.3 Å². The van der Waals surface area contributed by atoms with E-state index >= 15 is 0 Å². The van der Waals surface area contributed by atoms with Gasteiger partial charge in [-0.25, -0.2) is 0 Å². The molecule has 2 bridgehead atoms. The number of hydrogen-bond donors (Lipinski definition) is 1. The number of aromatic nitrogens is 2. The molecule has 3 atom stereocenters. The van der Waals surface area contributed by atoms with Crippen molar-refractivity contribution in [1.29, 1.82) is 0 Å². The molecule has 2 amide bonds. The summed E-state index contributed by atoms with van der Waals surface area (Å²) in [4.78, 5) is 35.3. The molecule has 4 rings (SSSR count). The number of pyridine rings is 2. The third-order valence-corrected chi connectivity index (χ3v) is 6.01. The summed E-state index contributed by atoms with van der Waals surface area (Å²) in [6, 6.07) is 5.62. The third-order valence-electron chi connectivity index (χ3n) is 5.80. The van der Waals surface area contributed by atoms with Crippen molar-refractivity contribution in [3.63, 3.8) is 0 Å². The van der Waals surface area contributed by atoms with E-state index in [9.17, 15) is 9.59 Å². The molecule has 1 saturated heterocycles. The van der Waals surface area contributed by atoms with Gasteiger partial charge >= 0.3 is 0 Å². The van der Waals surface area contributed by atoms with E-state index in [1.165, 1.54) is 12.4 Å². The Bertz CT molecular complexity index is 846. The fourth-order valence-electron chi connectivity index (χ4n) is 4.39. The number of carbonyl (C=O) groups excluding carboxylic acids is 2. The average molecular weight is 399 g/mol. The Balaban J connectivity index is 1.34. The Morgan fingerprint density at radius 3 is 2.61 bits per heavy atom. The predicted octanol–water partition coefficient (Wildman–Crippen LogP) is 2.73. The normalized spacial score (nSPS) is 23.5. The van der Waals surface area contributed by atoms with Crippen LogP contribution in [-0.2, 0) is 11.2 Å². The van der Waals surface area contributed by atoms with E-state index in [1.807, 2.05) is 23.2 Å². The van der Waals surface area contributed by atoms with Crippen LogP contribution in [0.15, 0.2) is 43.0 Å². The Kier molecular flexibility index (Phi) is 5.57. The molecule has 2 aliphatic rings. The second-order valence-corrected chi connectivity index (χ2v) is 8.09. The van der Waals surface area contributed by atoms with Gasteiger partial charge in [0.05, 0.1) is 10.6 Å². The van der Waals surface area contributed by atoms with Crippen LogP contribution in [0.2, 0.25) is 5.02 Å². The maximum absolute atomic E-state index is 12.7. The van der Waals surface area contributed by atoms with Crippen LogP contribution >= 0.6 is 11.6 Å². The largest absolute Gasteiger partial charge is 0.349 e. The molecule has 0 spiro atoms. The fraction of sp³-hybridized carbons (Fsp3) is 0.429. The highest BCUT2D eigenvalue weighted by Crippen LogP contribution is 2.37. The van der Waals surface area contributed by atoms with Gasteiger partial charge in [0.1, 0.15) is 0 Å². The molecule has 3 heterocycles. The minimum Gasteiger partial charge on any atom is -0.349 e. The Morgan fingerprint density at radius 2 is 1.93 bits per heavy atom. The SMILES string of the molecule is O=C(NC1[C@@H]2CC[C@H]1CN(C(=O)CCc1cccnc1)C2)c1cncc(Cl)c1. The number of aryl methyl sites for hydroxylation is 1. The van der Waals surface area contributed by atoms with Crippen molar-refractivity contribution < 1.29 is 9.59 Å². The number of likely N-dealkylation sites (tertiary alicyclic amines) is 1. The molecular weight excluding hydrogens is 376 g/mol. The maximum atomic E-state index is 12.7. The van der Waals surface area contributed by atoms with Gasteiger partial charge in [0.25, 0.3) is 5.91 Å². The minimum absolute atomic E-state index is 0.105. The highest BCUT2D eigenvalue weighted by molar-refractivity contribution is 6.30. The van der Waals surface area contributed by atoms with E-state index < -0.39 is 0 Å². The van der Waals surface area contributed by atoms with Crippen molar-refractivity contribution in [2.75, 3.05) is 13.1 Å². The predicted molar refractivity (Wildman–Crippen MR) is 106 cm³/mol. The number of rotatable bonds is 5. The van der Waals surface area contributed by atoms with Crippen molar-refractivity contribution in [1.82, 2.24) is 20.2 Å². The third kappa shape index (κ3) is 4.17. The molecule has 1 N–H and O–H groups in total. The Morgan fingerprint density at radius 1 is 1.14 bits per heavy atom. The first-order valence-corrected chi connectivity index (χ1v) is 10.1. The molecule has 146 valence electrons. The summed E-state index contributed by atoms with van der Waals surface area (Å²) in [5, 5.41) is 3.61. The van der Waals surface area contributed by atoms with E-state index in [4.69, 9.17) is 11.6 Å². The molecular formula is C21H23ClN4O2. The molecule has 0 aromatic carbocycles. The second kappa shape index (κ2) is 8.27. The summed E-state index contributed by atoms with van der Waals surface area (Å²) in [5.74, 6) is 0.646. The second-order valence-electron chi connectivity index (χ2n) is 7.65. The number of piperidine rings is 1. The number of amides is 2. The minimum atomic E-state index is -0.145. The van der Waals surface area contributed by atoms with Crippen molar-refractivity contribution in [3.8, 4) is 0 Å². The number of hydrogen-bond acceptors (Lipinski definition) is 4. The van der Waals surface area contributed by atoms with Crippen LogP contribution in [0.5, 0.6) is 0 Å². The van der Waals surface area contributed by atoms with Gasteiger partial charge in [-0.05, 0) is 48.8 Å². The summed E-state index contributed by atoms with van der Waals surface area (Å²) in [6.07, 6.45) is 9.87. The monoisotopic (exact) mass is 398 g/mol. The van der Waals surface area contributed by atoms with Crippen LogP contribution in [0.3, 0.4) is 0 Å². The molecule has 2 fully saturated rings. The van der Waals surface area contributed by atoms with Crippen molar-refractivity contribution in [2.24, 2.45) is 11.8 Å². The van der Waals surface area contributed by atoms with Crippen LogP contribution in [-0.4, -0.2) is 45.8 Å². The van der Waals surface area contributed by atoms with E-state index in [-0.39, 0.29) is 17.9 Å². The van der Waals surface area contributed by atoms with E-state index in [0.717, 1.165) is 18.4 Å². The van der Waals surface area contributed by atoms with Crippen molar-refractivity contribution in [3.05, 3.63) is 59.1 Å². The zero-order chi connectivity index (χ0) is 19.5. The maximum Gasteiger partial charge on any atom is 0.253 e. The van der Waals surface area contributed by atoms with E-state index in [0.29, 0.717) is 48.4 Å². The quantitative estimate of drug-likeness (QED) is 0.840. The van der Waals surface area contributed by atoms with Crippen LogP contribution in [0, 0.1) is 11.8 Å². The van der Waals surface area contributed by atoms with Gasteiger partial charge in [-0.1, -0.05) is 17.7 Å². The molecule has 1 aliphatic carbocycles. The smallest absolute Gasteiger partial charge is 0.253 e. The molecule has 7 heteroatoms. The van der Waals surface area contributed by atoms with Gasteiger partial charge in [0.2, 0.25) is 5.91 Å². The van der Waals surface area contributed by atoms with Gasteiger partial charge in [0, 0.05) is 50.3 Å². The fourth-order valence-corrected chi connectivity index (χ4v) is 4.56. The van der Waals surface area contributed by atoms with Crippen LogP contribution in [0.4, 0.5) is 0 Å². The average Bonchev–Trinajstić information content (AvgIpc) is 2.94. The number of halogens is 1. The standard InChI is InChI=1S/C21H23ClN4O2/c22-18-8-17(10-24-11-18)21(28)25-20-15-4-5-16(20)13-26(12-15)19(27)6-3-14-2-1-7-23-9-14/h1-2,7-11,15-16,20H,3-6,12-13H2,(H,25,28)/t15-,16+,20?. The Labute approximate surface area is 169 Å². The highest BCUT2D eigenvalue weighted by Gasteiger charge is 2.43. The summed E-state index contributed by atoms with van der Waals surface area (Å²) >= 11 is 5.94. The molecule has 2 aromatic heterocycles. The summed E-state index contributed by atoms with van der Waals surface area (Å²) in [5.41, 5.74) is 1.55. The molecule has 1 saturated carbocycles. The lowest BCUT2D eigenvalue weighted by Gasteiger charge is -2.38. The molecule has 0 radical (unpaired) electrons. The van der Waals surface area contributed by atoms with Gasteiger partial charge in [0.15, 0.2) is 0 Å². The van der Waals surface area contributed by atoms with Gasteiger partial charge in [-0.15, -0.1) is 0 Å². The summed E-state index contributed by atoms with van der Waals surface area (Å²) < 4.78 is 0. The molecule has 1 unspecified atom stereocenters. The molecule has 6 nitrogen and oxygen atoms in total.